The quantitative estimate of drug-likeness (QED) is 0.385. The van der Waals surface area contributed by atoms with E-state index in [1.807, 2.05) is 46.8 Å². The van der Waals surface area contributed by atoms with Crippen molar-refractivity contribution in [3.8, 4) is 0 Å². The predicted molar refractivity (Wildman–Crippen MR) is 131 cm³/mol. The fourth-order valence-electron chi connectivity index (χ4n) is 5.19. The second kappa shape index (κ2) is 10.6. The topological polar surface area (TPSA) is 97.3 Å². The Hall–Kier alpha value is -1.51. The summed E-state index contributed by atoms with van der Waals surface area (Å²) in [5.41, 5.74) is -0.238. The van der Waals surface area contributed by atoms with Crippen LogP contribution in [0.3, 0.4) is 0 Å². The zero-order valence-electron chi connectivity index (χ0n) is 21.7. The Balaban J connectivity index is 1.55. The van der Waals surface area contributed by atoms with E-state index in [1.54, 1.807) is 6.92 Å². The first kappa shape index (κ1) is 27.1. The van der Waals surface area contributed by atoms with Gasteiger partial charge in [-0.1, -0.05) is 36.8 Å². The van der Waals surface area contributed by atoms with Crippen LogP contribution in [-0.4, -0.2) is 70.0 Å². The molecule has 3 aliphatic heterocycles. The summed E-state index contributed by atoms with van der Waals surface area (Å²) in [7, 11) is 0. The highest BCUT2D eigenvalue weighted by Gasteiger charge is 2.63. The van der Waals surface area contributed by atoms with Gasteiger partial charge in [-0.15, -0.1) is 0 Å². The molecular formula is C27H43NO6. The summed E-state index contributed by atoms with van der Waals surface area (Å²) in [6.45, 7) is 13.7. The van der Waals surface area contributed by atoms with Gasteiger partial charge in [0.05, 0.1) is 42.2 Å². The van der Waals surface area contributed by atoms with E-state index in [2.05, 4.69) is 18.3 Å². The van der Waals surface area contributed by atoms with Crippen LogP contribution in [0.15, 0.2) is 36.0 Å². The Morgan fingerprint density at radius 3 is 2.56 bits per heavy atom. The van der Waals surface area contributed by atoms with Gasteiger partial charge in [-0.3, -0.25) is 4.79 Å². The summed E-state index contributed by atoms with van der Waals surface area (Å²) in [6, 6.07) is -0.0606. The smallest absolute Gasteiger partial charge is 0.244 e. The van der Waals surface area contributed by atoms with Gasteiger partial charge >= 0.3 is 0 Å². The minimum absolute atomic E-state index is 0.0606. The number of rotatable bonds is 7. The lowest BCUT2D eigenvalue weighted by molar-refractivity contribution is -0.361. The molecule has 3 N–H and O–H groups in total. The average Bonchev–Trinajstić information content (AvgIpc) is 2.74. The molecule has 0 bridgehead atoms. The first-order valence-electron chi connectivity index (χ1n) is 12.5. The Labute approximate surface area is 204 Å². The number of nitrogens with one attached hydrogen (secondary N) is 1. The van der Waals surface area contributed by atoms with Gasteiger partial charge in [0.25, 0.3) is 0 Å². The van der Waals surface area contributed by atoms with Crippen LogP contribution in [0.5, 0.6) is 0 Å². The van der Waals surface area contributed by atoms with Crippen LogP contribution in [0.2, 0.25) is 0 Å². The van der Waals surface area contributed by atoms with Crippen LogP contribution in [0.25, 0.3) is 0 Å². The molecule has 34 heavy (non-hydrogen) atoms. The Morgan fingerprint density at radius 2 is 1.91 bits per heavy atom. The lowest BCUT2D eigenvalue weighted by atomic mass is 9.72. The number of aliphatic hydroxyl groups excluding tert-OH is 1. The minimum Gasteiger partial charge on any atom is -0.389 e. The van der Waals surface area contributed by atoms with E-state index in [0.717, 1.165) is 18.4 Å². The molecule has 0 aromatic carbocycles. The fourth-order valence-corrected chi connectivity index (χ4v) is 5.19. The van der Waals surface area contributed by atoms with Crippen LogP contribution < -0.4 is 5.32 Å². The summed E-state index contributed by atoms with van der Waals surface area (Å²) in [5.74, 6) is 0.0725. The maximum absolute atomic E-state index is 12.1. The number of aliphatic hydroxyl groups is 2. The monoisotopic (exact) mass is 477 g/mol. The molecule has 0 unspecified atom stereocenters. The maximum atomic E-state index is 12.1. The first-order valence-corrected chi connectivity index (χ1v) is 12.5. The van der Waals surface area contributed by atoms with Crippen molar-refractivity contribution in [2.24, 2.45) is 5.92 Å². The minimum atomic E-state index is -0.980. The van der Waals surface area contributed by atoms with E-state index in [-0.39, 0.29) is 47.9 Å². The number of carbonyl (C=O) groups is 1. The molecule has 0 saturated carbocycles. The number of hydrogen-bond acceptors (Lipinski definition) is 6. The molecule has 0 aromatic rings. The van der Waals surface area contributed by atoms with Gasteiger partial charge in [-0.05, 0) is 60.3 Å². The van der Waals surface area contributed by atoms with E-state index in [0.29, 0.717) is 6.42 Å². The molecule has 9 atom stereocenters. The molecule has 3 aliphatic rings. The molecule has 0 spiro atoms. The highest BCUT2D eigenvalue weighted by atomic mass is 16.6. The lowest BCUT2D eigenvalue weighted by Crippen LogP contribution is -2.75. The van der Waals surface area contributed by atoms with Crippen molar-refractivity contribution in [3.05, 3.63) is 36.0 Å². The molecule has 3 fully saturated rings. The number of allylic oxidation sites excluding steroid dienone is 2. The summed E-state index contributed by atoms with van der Waals surface area (Å²) in [5, 5.41) is 23.4. The van der Waals surface area contributed by atoms with Gasteiger partial charge < -0.3 is 29.7 Å². The van der Waals surface area contributed by atoms with E-state index in [9.17, 15) is 15.0 Å². The second-order valence-corrected chi connectivity index (χ2v) is 11.0. The van der Waals surface area contributed by atoms with Crippen LogP contribution in [0.1, 0.15) is 67.7 Å². The van der Waals surface area contributed by atoms with Crippen molar-refractivity contribution in [2.75, 3.05) is 0 Å². The van der Waals surface area contributed by atoms with E-state index < -0.39 is 17.8 Å². The van der Waals surface area contributed by atoms with Gasteiger partial charge in [0.1, 0.15) is 11.7 Å². The third kappa shape index (κ3) is 6.18. The van der Waals surface area contributed by atoms with Crippen LogP contribution in [0, 0.1) is 5.92 Å². The normalized spacial score (nSPS) is 41.2. The van der Waals surface area contributed by atoms with Gasteiger partial charge in [0.2, 0.25) is 5.91 Å². The lowest BCUT2D eigenvalue weighted by Gasteiger charge is -2.59. The van der Waals surface area contributed by atoms with Crippen LogP contribution >= 0.6 is 0 Å². The average molecular weight is 478 g/mol. The summed E-state index contributed by atoms with van der Waals surface area (Å²) in [6.07, 6.45) is 9.72. The molecule has 0 aromatic heterocycles. The molecule has 192 valence electrons. The van der Waals surface area contributed by atoms with Crippen molar-refractivity contribution in [1.29, 1.82) is 0 Å². The Bertz CT molecular complexity index is 818. The van der Waals surface area contributed by atoms with Gasteiger partial charge in [-0.2, -0.15) is 0 Å². The number of hydrogen-bond donors (Lipinski definition) is 3. The van der Waals surface area contributed by atoms with Gasteiger partial charge in [0.15, 0.2) is 0 Å². The molecule has 0 aliphatic carbocycles. The highest BCUT2D eigenvalue weighted by molar-refractivity contribution is 5.87. The van der Waals surface area contributed by atoms with Crippen molar-refractivity contribution < 1.29 is 29.2 Å². The predicted octanol–water partition coefficient (Wildman–Crippen LogP) is 3.20. The third-order valence-electron chi connectivity index (χ3n) is 7.39. The Morgan fingerprint density at radius 1 is 1.21 bits per heavy atom. The number of amides is 1. The zero-order valence-corrected chi connectivity index (χ0v) is 21.7. The Kier molecular flexibility index (Phi) is 8.46. The van der Waals surface area contributed by atoms with Crippen molar-refractivity contribution in [3.63, 3.8) is 0 Å². The number of fused-ring (bicyclic) bond motifs is 1. The molecule has 3 saturated heterocycles. The standard InChI is InChI=1S/C27H43NO6/c1-16(9-12-23-27(31)20(5)33-24(27)15-26(6,7)34-23)8-11-22-17(2)14-21(19(4)32-22)28-25(30)13-10-18(3)29/h8-10,12-13,17-24,29,31H,11,14-15H2,1-7H3,(H,28,30)/b12-9+,13-10-,16-8+/t17-,18+,19+,20+,21+,22-,23+,24-,27-/m0/s1. The van der Waals surface area contributed by atoms with Crippen molar-refractivity contribution >= 4 is 5.91 Å². The van der Waals surface area contributed by atoms with Crippen LogP contribution in [0.4, 0.5) is 0 Å². The van der Waals surface area contributed by atoms with Crippen molar-refractivity contribution in [2.45, 2.75) is 122 Å². The first-order chi connectivity index (χ1) is 15.8. The SMILES string of the molecule is CC(/C=C/[C@H]1OC(C)(C)C[C@@H]2O[C@H](C)[C@@]21O)=C\C[C@@H]1O[C@H](C)[C@H](NC(=O)/C=C\[C@@H](C)O)C[C@@H]1C. The molecule has 7 nitrogen and oxygen atoms in total. The van der Waals surface area contributed by atoms with Gasteiger partial charge in [0, 0.05) is 12.5 Å². The molecular weight excluding hydrogens is 434 g/mol. The fraction of sp³-hybridized carbons (Fsp3) is 0.741. The second-order valence-electron chi connectivity index (χ2n) is 11.0. The summed E-state index contributed by atoms with van der Waals surface area (Å²) < 4.78 is 18.2. The number of ether oxygens (including phenoxy) is 3. The largest absolute Gasteiger partial charge is 0.389 e. The highest BCUT2D eigenvalue weighted by Crippen LogP contribution is 2.47. The summed E-state index contributed by atoms with van der Waals surface area (Å²) in [4.78, 5) is 12.1. The molecule has 3 rings (SSSR count). The van der Waals surface area contributed by atoms with E-state index in [4.69, 9.17) is 14.2 Å². The van der Waals surface area contributed by atoms with E-state index >= 15 is 0 Å². The molecule has 0 radical (unpaired) electrons. The van der Waals surface area contributed by atoms with E-state index in [1.165, 1.54) is 12.2 Å². The molecule has 3 heterocycles. The molecule has 1 amide bonds. The van der Waals surface area contributed by atoms with Crippen molar-refractivity contribution in [1.82, 2.24) is 5.32 Å². The summed E-state index contributed by atoms with van der Waals surface area (Å²) >= 11 is 0. The van der Waals surface area contributed by atoms with Gasteiger partial charge in [-0.25, -0.2) is 0 Å². The third-order valence-corrected chi connectivity index (χ3v) is 7.39. The zero-order chi connectivity index (χ0) is 25.3. The molecule has 7 heteroatoms. The number of carbonyl (C=O) groups excluding carboxylic acids is 1. The van der Waals surface area contributed by atoms with Crippen LogP contribution in [-0.2, 0) is 19.0 Å². The maximum Gasteiger partial charge on any atom is 0.244 e.